The van der Waals surface area contributed by atoms with Crippen molar-refractivity contribution < 1.29 is 22.8 Å². The predicted octanol–water partition coefficient (Wildman–Crippen LogP) is 0.914. The molecule has 1 aromatic rings. The Hall–Kier alpha value is -1.83. The van der Waals surface area contributed by atoms with E-state index in [0.717, 1.165) is 0 Å². The van der Waals surface area contributed by atoms with Gasteiger partial charge in [-0.15, -0.1) is 0 Å². The van der Waals surface area contributed by atoms with E-state index in [2.05, 4.69) is 0 Å². The lowest BCUT2D eigenvalue weighted by Crippen LogP contribution is -2.52. The number of halogens is 3. The molecule has 0 bridgehead atoms. The molecule has 2 heterocycles. The van der Waals surface area contributed by atoms with Gasteiger partial charge in [0.15, 0.2) is 0 Å². The Balaban J connectivity index is 1.92. The van der Waals surface area contributed by atoms with Gasteiger partial charge >= 0.3 is 6.18 Å². The summed E-state index contributed by atoms with van der Waals surface area (Å²) in [5.41, 5.74) is 0.276. The Morgan fingerprint density at radius 3 is 2.29 bits per heavy atom. The zero-order valence-corrected chi connectivity index (χ0v) is 11.6. The number of ketones is 1. The van der Waals surface area contributed by atoms with Crippen LogP contribution in [0.5, 0.6) is 0 Å². The van der Waals surface area contributed by atoms with E-state index in [1.165, 1.54) is 9.80 Å². The second-order valence-electron chi connectivity index (χ2n) is 5.02. The van der Waals surface area contributed by atoms with Gasteiger partial charge in [-0.1, -0.05) is 0 Å². The number of aromatic nitrogens is 1. The number of alkyl halides is 3. The first kappa shape index (κ1) is 15.6. The summed E-state index contributed by atoms with van der Waals surface area (Å²) in [5.74, 6) is -1.30. The smallest absolute Gasteiger partial charge is 0.348 e. The minimum absolute atomic E-state index is 0.117. The van der Waals surface area contributed by atoms with E-state index >= 15 is 0 Å². The third-order valence-electron chi connectivity index (χ3n) is 3.43. The van der Waals surface area contributed by atoms with Crippen molar-refractivity contribution in [2.75, 3.05) is 32.7 Å². The number of piperazine rings is 1. The van der Waals surface area contributed by atoms with Crippen LogP contribution in [0.15, 0.2) is 18.3 Å². The van der Waals surface area contributed by atoms with E-state index in [9.17, 15) is 22.8 Å². The van der Waals surface area contributed by atoms with E-state index in [4.69, 9.17) is 0 Å². The average molecular weight is 303 g/mol. The number of rotatable bonds is 3. The first-order valence-corrected chi connectivity index (χ1v) is 6.52. The number of Topliss-reactive ketones (excluding diaryl/α,β-unsaturated/α-hetero) is 1. The van der Waals surface area contributed by atoms with Crippen LogP contribution >= 0.6 is 0 Å². The first-order valence-electron chi connectivity index (χ1n) is 6.52. The Bertz CT molecular complexity index is 531. The van der Waals surface area contributed by atoms with Gasteiger partial charge in [0.1, 0.15) is 0 Å². The Morgan fingerprint density at radius 1 is 1.19 bits per heavy atom. The van der Waals surface area contributed by atoms with Crippen molar-refractivity contribution in [1.82, 2.24) is 14.4 Å². The van der Waals surface area contributed by atoms with Crippen molar-refractivity contribution in [3.8, 4) is 0 Å². The number of hydrogen-bond donors (Lipinski definition) is 0. The highest BCUT2D eigenvalue weighted by Crippen LogP contribution is 2.17. The molecular formula is C13H16F3N3O2. The van der Waals surface area contributed by atoms with Gasteiger partial charge < -0.3 is 9.47 Å². The lowest BCUT2D eigenvalue weighted by atomic mass is 10.2. The lowest BCUT2D eigenvalue weighted by Gasteiger charge is -2.34. The molecule has 1 aromatic heterocycles. The fourth-order valence-electron chi connectivity index (χ4n) is 2.31. The SMILES string of the molecule is Cn1cccc1C(=O)C(=O)N1CCN(CC(F)(F)F)CC1. The molecule has 1 aliphatic heterocycles. The van der Waals surface area contributed by atoms with Crippen LogP contribution in [0, 0.1) is 0 Å². The van der Waals surface area contributed by atoms with Gasteiger partial charge in [-0.05, 0) is 12.1 Å². The number of hydrogen-bond acceptors (Lipinski definition) is 3. The van der Waals surface area contributed by atoms with Crippen LogP contribution in [-0.2, 0) is 11.8 Å². The molecular weight excluding hydrogens is 287 g/mol. The monoisotopic (exact) mass is 303 g/mol. The van der Waals surface area contributed by atoms with E-state index in [1.807, 2.05) is 0 Å². The molecule has 1 saturated heterocycles. The number of carbonyl (C=O) groups excluding carboxylic acids is 2. The second-order valence-corrected chi connectivity index (χ2v) is 5.02. The highest BCUT2D eigenvalue weighted by atomic mass is 19.4. The summed E-state index contributed by atoms with van der Waals surface area (Å²) in [4.78, 5) is 26.6. The third kappa shape index (κ3) is 3.84. The van der Waals surface area contributed by atoms with Gasteiger partial charge in [0, 0.05) is 39.4 Å². The molecule has 0 aliphatic carbocycles. The molecule has 1 amide bonds. The molecule has 1 aliphatic rings. The maximum absolute atomic E-state index is 12.3. The Morgan fingerprint density at radius 2 is 1.81 bits per heavy atom. The molecule has 8 heteroatoms. The van der Waals surface area contributed by atoms with Gasteiger partial charge in [-0.3, -0.25) is 14.5 Å². The van der Waals surface area contributed by atoms with Crippen LogP contribution in [0.3, 0.4) is 0 Å². The zero-order valence-electron chi connectivity index (χ0n) is 11.6. The van der Waals surface area contributed by atoms with Gasteiger partial charge in [-0.2, -0.15) is 13.2 Å². The quantitative estimate of drug-likeness (QED) is 0.616. The van der Waals surface area contributed by atoms with Crippen molar-refractivity contribution in [3.05, 3.63) is 24.0 Å². The molecule has 0 radical (unpaired) electrons. The highest BCUT2D eigenvalue weighted by Gasteiger charge is 2.34. The molecule has 0 N–H and O–H groups in total. The molecule has 0 atom stereocenters. The van der Waals surface area contributed by atoms with Crippen LogP contribution in [0.4, 0.5) is 13.2 Å². The van der Waals surface area contributed by atoms with E-state index < -0.39 is 24.4 Å². The summed E-state index contributed by atoms with van der Waals surface area (Å²) in [6, 6.07) is 3.20. The average Bonchev–Trinajstić information content (AvgIpc) is 2.82. The summed E-state index contributed by atoms with van der Waals surface area (Å²) in [6.07, 6.45) is -2.59. The van der Waals surface area contributed by atoms with Crippen molar-refractivity contribution in [1.29, 1.82) is 0 Å². The first-order chi connectivity index (χ1) is 9.78. The van der Waals surface area contributed by atoms with Crippen LogP contribution in [0.25, 0.3) is 0 Å². The minimum Gasteiger partial charge on any atom is -0.348 e. The molecule has 0 saturated carbocycles. The maximum atomic E-state index is 12.3. The summed E-state index contributed by atoms with van der Waals surface area (Å²) in [7, 11) is 1.65. The summed E-state index contributed by atoms with van der Waals surface area (Å²) >= 11 is 0. The van der Waals surface area contributed by atoms with Crippen LogP contribution in [0.1, 0.15) is 10.5 Å². The Labute approximate surface area is 119 Å². The summed E-state index contributed by atoms with van der Waals surface area (Å²) < 4.78 is 38.4. The normalized spacial score (nSPS) is 17.0. The number of nitrogens with zero attached hydrogens (tertiary/aromatic N) is 3. The van der Waals surface area contributed by atoms with Gasteiger partial charge in [0.25, 0.3) is 11.7 Å². The number of aryl methyl sites for hydroxylation is 1. The molecule has 0 aromatic carbocycles. The molecule has 5 nitrogen and oxygen atoms in total. The standard InChI is InChI=1S/C13H16F3N3O2/c1-17-4-2-3-10(17)11(20)12(21)19-7-5-18(6-8-19)9-13(14,15)16/h2-4H,5-9H2,1H3. The van der Waals surface area contributed by atoms with Gasteiger partial charge in [0.2, 0.25) is 0 Å². The van der Waals surface area contributed by atoms with Gasteiger partial charge in [0.05, 0.1) is 12.2 Å². The number of amides is 1. The molecule has 116 valence electrons. The largest absolute Gasteiger partial charge is 0.401 e. The maximum Gasteiger partial charge on any atom is 0.401 e. The van der Waals surface area contributed by atoms with E-state index in [1.54, 1.807) is 29.9 Å². The van der Waals surface area contributed by atoms with Crippen molar-refractivity contribution in [2.45, 2.75) is 6.18 Å². The third-order valence-corrected chi connectivity index (χ3v) is 3.43. The Kier molecular flexibility index (Phi) is 4.36. The van der Waals surface area contributed by atoms with E-state index in [0.29, 0.717) is 0 Å². The molecule has 1 fully saturated rings. The zero-order chi connectivity index (χ0) is 15.6. The van der Waals surface area contributed by atoms with Crippen molar-refractivity contribution >= 4 is 11.7 Å². The summed E-state index contributed by atoms with van der Waals surface area (Å²) in [5, 5.41) is 0. The topological polar surface area (TPSA) is 45.6 Å². The fraction of sp³-hybridized carbons (Fsp3) is 0.538. The molecule has 21 heavy (non-hydrogen) atoms. The molecule has 0 unspecified atom stereocenters. The minimum atomic E-state index is -4.25. The van der Waals surface area contributed by atoms with Gasteiger partial charge in [-0.25, -0.2) is 0 Å². The second kappa shape index (κ2) is 5.88. The van der Waals surface area contributed by atoms with Crippen LogP contribution in [-0.4, -0.2) is 65.0 Å². The van der Waals surface area contributed by atoms with E-state index in [-0.39, 0.29) is 31.9 Å². The van der Waals surface area contributed by atoms with Crippen LogP contribution < -0.4 is 0 Å². The highest BCUT2D eigenvalue weighted by molar-refractivity contribution is 6.42. The van der Waals surface area contributed by atoms with Crippen molar-refractivity contribution in [3.63, 3.8) is 0 Å². The fourth-order valence-corrected chi connectivity index (χ4v) is 2.31. The number of carbonyl (C=O) groups is 2. The summed E-state index contributed by atoms with van der Waals surface area (Å²) in [6.45, 7) is -0.492. The molecule has 2 rings (SSSR count). The molecule has 0 spiro atoms. The van der Waals surface area contributed by atoms with Crippen molar-refractivity contribution in [2.24, 2.45) is 7.05 Å². The predicted molar refractivity (Wildman–Crippen MR) is 68.8 cm³/mol. The van der Waals surface area contributed by atoms with Crippen LogP contribution in [0.2, 0.25) is 0 Å². The lowest BCUT2D eigenvalue weighted by molar-refractivity contribution is -0.151.